The van der Waals surface area contributed by atoms with Gasteiger partial charge < -0.3 is 59.1 Å². The monoisotopic (exact) mass is 1120 g/mol. The highest BCUT2D eigenvalue weighted by Crippen LogP contribution is 2.38. The van der Waals surface area contributed by atoms with Crippen molar-refractivity contribution in [3.63, 3.8) is 0 Å². The third kappa shape index (κ3) is 23.9. The van der Waals surface area contributed by atoms with E-state index in [-0.39, 0.29) is 124 Å². The summed E-state index contributed by atoms with van der Waals surface area (Å²) < 4.78 is 32.2. The molecule has 18 nitrogen and oxygen atoms in total. The first-order valence-electron chi connectivity index (χ1n) is 22.5. The molecule has 3 aromatic carbocycles. The normalized spacial score (nSPS) is 11.1. The zero-order valence-electron chi connectivity index (χ0n) is 40.0. The van der Waals surface area contributed by atoms with Crippen molar-refractivity contribution in [1.29, 1.82) is 0 Å². The summed E-state index contributed by atoms with van der Waals surface area (Å²) in [6.07, 6.45) is 1.27. The van der Waals surface area contributed by atoms with Crippen LogP contribution in [0.1, 0.15) is 65.2 Å². The molecular weight excluding hydrogens is 1060 g/mol. The number of hydrogen-bond donors (Lipinski definition) is 9. The van der Waals surface area contributed by atoms with E-state index in [9.17, 15) is 59.4 Å². The number of thioether (sulfide) groups is 3. The second-order valence-electron chi connectivity index (χ2n) is 15.8. The number of para-hydroxylation sites is 3. The van der Waals surface area contributed by atoms with Crippen molar-refractivity contribution in [2.24, 2.45) is 10.8 Å². The SMILES string of the molecule is CCC(COC(=O)CCS)(COC(=O)CCS)COC(=O)CCSc1cccc(O)c1O.CCC(COC(=O)CCS)(COC(=O)CCSc1cccc(O)c1O)COC(=O)CCSc1cccc(O)c1O. The van der Waals surface area contributed by atoms with Gasteiger partial charge in [0.05, 0.1) is 64.0 Å². The zero-order valence-corrected chi connectivity index (χ0v) is 45.1. The first-order chi connectivity index (χ1) is 34.4. The van der Waals surface area contributed by atoms with Crippen LogP contribution in [-0.4, -0.2) is 141 Å². The molecule has 0 spiro atoms. The van der Waals surface area contributed by atoms with Crippen LogP contribution < -0.4 is 0 Å². The molecule has 6 N–H and O–H groups in total. The molecule has 0 heterocycles. The molecule has 0 fully saturated rings. The molecule has 400 valence electrons. The molecule has 72 heavy (non-hydrogen) atoms. The van der Waals surface area contributed by atoms with Gasteiger partial charge in [0.2, 0.25) is 0 Å². The van der Waals surface area contributed by atoms with E-state index in [0.29, 0.717) is 50.5 Å². The Labute approximate surface area is 448 Å². The van der Waals surface area contributed by atoms with Gasteiger partial charge in [-0.25, -0.2) is 0 Å². The van der Waals surface area contributed by atoms with Crippen molar-refractivity contribution in [2.75, 3.05) is 74.2 Å². The van der Waals surface area contributed by atoms with E-state index in [1.165, 1.54) is 53.5 Å². The number of phenolic OH excluding ortho intramolecular Hbond substituents is 6. The molecule has 0 aliphatic rings. The number of ether oxygens (including phenoxy) is 6. The number of benzene rings is 3. The van der Waals surface area contributed by atoms with E-state index in [1.54, 1.807) is 43.3 Å². The van der Waals surface area contributed by atoms with E-state index in [0.717, 1.165) is 0 Å². The second-order valence-corrected chi connectivity index (χ2v) is 20.5. The summed E-state index contributed by atoms with van der Waals surface area (Å²) in [5.74, 6) is -2.49. The second kappa shape index (κ2) is 34.7. The number of carbonyl (C=O) groups is 6. The molecule has 24 heteroatoms. The molecule has 0 saturated heterocycles. The fourth-order valence-corrected chi connectivity index (χ4v) is 8.85. The minimum atomic E-state index is -0.967. The molecular formula is C48H64O18S6. The summed E-state index contributed by atoms with van der Waals surface area (Å²) in [5, 5.41) is 58.3. The molecule has 0 aliphatic heterocycles. The Balaban J connectivity index is 0.000000506. The average molecular weight is 1120 g/mol. The van der Waals surface area contributed by atoms with E-state index < -0.39 is 46.6 Å². The molecule has 0 aromatic heterocycles. The van der Waals surface area contributed by atoms with Crippen molar-refractivity contribution >= 4 is 109 Å². The minimum Gasteiger partial charge on any atom is -0.504 e. The van der Waals surface area contributed by atoms with Crippen LogP contribution in [0.15, 0.2) is 69.3 Å². The highest BCUT2D eigenvalue weighted by molar-refractivity contribution is 7.99. The van der Waals surface area contributed by atoms with Crippen molar-refractivity contribution in [1.82, 2.24) is 0 Å². The van der Waals surface area contributed by atoms with Crippen molar-refractivity contribution in [2.45, 2.75) is 79.9 Å². The maximum absolute atomic E-state index is 12.4. The lowest BCUT2D eigenvalue weighted by Gasteiger charge is -2.31. The first-order valence-corrected chi connectivity index (χ1v) is 27.4. The number of carbonyl (C=O) groups excluding carboxylic acids is 6. The predicted octanol–water partition coefficient (Wildman–Crippen LogP) is 7.77. The lowest BCUT2D eigenvalue weighted by molar-refractivity contribution is -0.164. The van der Waals surface area contributed by atoms with Gasteiger partial charge in [0.25, 0.3) is 0 Å². The largest absolute Gasteiger partial charge is 0.504 e. The van der Waals surface area contributed by atoms with E-state index in [1.807, 2.05) is 6.92 Å². The Morgan fingerprint density at radius 1 is 0.403 bits per heavy atom. The van der Waals surface area contributed by atoms with Gasteiger partial charge in [0.1, 0.15) is 39.6 Å². The highest BCUT2D eigenvalue weighted by Gasteiger charge is 2.35. The average Bonchev–Trinajstić information content (AvgIpc) is 3.36. The summed E-state index contributed by atoms with van der Waals surface area (Å²) in [7, 11) is 0. The van der Waals surface area contributed by atoms with Gasteiger partial charge in [-0.15, -0.1) is 35.3 Å². The zero-order chi connectivity index (χ0) is 53.5. The molecule has 0 aliphatic carbocycles. The van der Waals surface area contributed by atoms with Crippen LogP contribution in [0.3, 0.4) is 0 Å². The number of hydrogen-bond acceptors (Lipinski definition) is 24. The Kier molecular flexibility index (Phi) is 30.6. The van der Waals surface area contributed by atoms with Gasteiger partial charge in [0.15, 0.2) is 34.5 Å². The van der Waals surface area contributed by atoms with E-state index in [2.05, 4.69) is 37.9 Å². The smallest absolute Gasteiger partial charge is 0.306 e. The first kappa shape index (κ1) is 63.5. The molecule has 0 amide bonds. The third-order valence-corrected chi connectivity index (χ3v) is 14.1. The maximum atomic E-state index is 12.4. The molecule has 3 rings (SSSR count). The molecule has 0 saturated carbocycles. The summed E-state index contributed by atoms with van der Waals surface area (Å²) in [4.78, 5) is 73.9. The van der Waals surface area contributed by atoms with E-state index >= 15 is 0 Å². The van der Waals surface area contributed by atoms with Crippen LogP contribution in [0.5, 0.6) is 34.5 Å². The molecule has 0 atom stereocenters. The number of esters is 6. The lowest BCUT2D eigenvalue weighted by Crippen LogP contribution is -2.39. The summed E-state index contributed by atoms with van der Waals surface area (Å²) >= 11 is 15.6. The number of phenols is 6. The number of aromatic hydroxyl groups is 6. The van der Waals surface area contributed by atoms with Gasteiger partial charge in [-0.05, 0) is 49.2 Å². The predicted molar refractivity (Wildman–Crippen MR) is 282 cm³/mol. The Morgan fingerprint density at radius 2 is 0.625 bits per heavy atom. The molecule has 0 radical (unpaired) electrons. The molecule has 0 bridgehead atoms. The van der Waals surface area contributed by atoms with Crippen molar-refractivity contribution in [3.8, 4) is 34.5 Å². The fourth-order valence-electron chi connectivity index (χ4n) is 5.59. The van der Waals surface area contributed by atoms with Gasteiger partial charge in [-0.2, -0.15) is 37.9 Å². The van der Waals surface area contributed by atoms with Gasteiger partial charge >= 0.3 is 35.8 Å². The van der Waals surface area contributed by atoms with E-state index in [4.69, 9.17) is 28.4 Å². The standard InChI is InChI=1S/C27H34O10S3.C21H30O8S3/c1-2-27(15-35-22(30)9-12-38,16-36-23(31)10-13-39-20-7-3-5-18(28)25(20)33)17-37-24(32)11-14-40-21-8-4-6-19(29)26(21)34;1-2-21(12-27-17(23)6-9-30,13-28-18(24)7-10-31)14-29-19(25)8-11-32-16-5-3-4-15(22)20(16)26/h3-8,28-29,33-34,38H,2,9-17H2,1H3;3-5,22,26,30-31H,2,6-14H2,1H3. The summed E-state index contributed by atoms with van der Waals surface area (Å²) in [5.41, 5.74) is -1.84. The van der Waals surface area contributed by atoms with Crippen LogP contribution in [-0.2, 0) is 57.2 Å². The van der Waals surface area contributed by atoms with Gasteiger partial charge in [-0.1, -0.05) is 32.0 Å². The Bertz CT molecular complexity index is 2100. The topological polar surface area (TPSA) is 279 Å². The molecule has 3 aromatic rings. The number of rotatable bonds is 32. The van der Waals surface area contributed by atoms with Crippen LogP contribution in [0.2, 0.25) is 0 Å². The van der Waals surface area contributed by atoms with Gasteiger partial charge in [-0.3, -0.25) is 28.8 Å². The van der Waals surface area contributed by atoms with Crippen LogP contribution in [0.25, 0.3) is 0 Å². The Morgan fingerprint density at radius 3 is 0.833 bits per heavy atom. The molecule has 0 unspecified atom stereocenters. The Hall–Kier alpha value is -4.62. The van der Waals surface area contributed by atoms with Crippen LogP contribution >= 0.6 is 73.2 Å². The number of thiol groups is 3. The van der Waals surface area contributed by atoms with Crippen LogP contribution in [0.4, 0.5) is 0 Å². The van der Waals surface area contributed by atoms with Gasteiger partial charge in [0, 0.05) is 34.5 Å². The summed E-state index contributed by atoms with van der Waals surface area (Å²) in [6, 6.07) is 13.7. The quantitative estimate of drug-likeness (QED) is 0.00949. The lowest BCUT2D eigenvalue weighted by atomic mass is 9.88. The van der Waals surface area contributed by atoms with Crippen molar-refractivity contribution < 1.29 is 87.8 Å². The highest BCUT2D eigenvalue weighted by atomic mass is 32.2. The fraction of sp³-hybridized carbons (Fsp3) is 0.500. The minimum absolute atomic E-state index is 0.0118. The maximum Gasteiger partial charge on any atom is 0.306 e. The summed E-state index contributed by atoms with van der Waals surface area (Å²) in [6.45, 7) is 2.96. The van der Waals surface area contributed by atoms with Crippen LogP contribution in [0, 0.1) is 10.8 Å². The third-order valence-electron chi connectivity index (χ3n) is 10.3. The van der Waals surface area contributed by atoms with Crippen molar-refractivity contribution in [3.05, 3.63) is 54.6 Å².